The maximum Gasteiger partial charge on any atom is 0.256 e. The number of anilines is 1. The first-order valence-electron chi connectivity index (χ1n) is 10.4. The Morgan fingerprint density at radius 2 is 1.50 bits per heavy atom. The Morgan fingerprint density at radius 1 is 0.812 bits per heavy atom. The molecule has 0 fully saturated rings. The summed E-state index contributed by atoms with van der Waals surface area (Å²) in [5, 5.41) is 4.97. The molecule has 4 nitrogen and oxygen atoms in total. The third kappa shape index (κ3) is 3.74. The molecule has 156 valence electrons. The number of carbonyl (C=O) groups excluding carboxylic acids is 1. The second kappa shape index (κ2) is 8.44. The van der Waals surface area contributed by atoms with Crippen molar-refractivity contribution in [3.63, 3.8) is 0 Å². The normalized spacial score (nSPS) is 11.6. The molecule has 0 aliphatic carbocycles. The summed E-state index contributed by atoms with van der Waals surface area (Å²) in [6.45, 7) is 0. The van der Waals surface area contributed by atoms with E-state index in [1.54, 1.807) is 7.11 Å². The first-order valence-corrected chi connectivity index (χ1v) is 10.4. The van der Waals surface area contributed by atoms with E-state index in [1.807, 2.05) is 103 Å². The number of hydrogen-bond acceptors (Lipinski definition) is 3. The van der Waals surface area contributed by atoms with E-state index < -0.39 is 0 Å². The summed E-state index contributed by atoms with van der Waals surface area (Å²) in [5.41, 5.74) is 4.37. The van der Waals surface area contributed by atoms with Crippen LogP contribution in [-0.4, -0.2) is 13.0 Å². The summed E-state index contributed by atoms with van der Waals surface area (Å²) in [5.74, 6) is 0.346. The minimum absolute atomic E-state index is 0.228. The van der Waals surface area contributed by atoms with Gasteiger partial charge in [0.05, 0.1) is 12.8 Å². The van der Waals surface area contributed by atoms with E-state index in [2.05, 4.69) is 5.32 Å². The lowest BCUT2D eigenvalue weighted by molar-refractivity contribution is -0.111. The number of ether oxygens (including phenoxy) is 1. The lowest BCUT2D eigenvalue weighted by Gasteiger charge is -2.13. The van der Waals surface area contributed by atoms with Gasteiger partial charge in [0, 0.05) is 22.4 Å². The zero-order valence-corrected chi connectivity index (χ0v) is 17.5. The Hall–Kier alpha value is -4.31. The zero-order valence-electron chi connectivity index (χ0n) is 17.5. The lowest BCUT2D eigenvalue weighted by Crippen LogP contribution is -2.14. The van der Waals surface area contributed by atoms with Gasteiger partial charge in [-0.15, -0.1) is 0 Å². The summed E-state index contributed by atoms with van der Waals surface area (Å²) in [4.78, 5) is 13.4. The summed E-state index contributed by atoms with van der Waals surface area (Å²) in [6, 6.07) is 31.0. The van der Waals surface area contributed by atoms with Crippen LogP contribution in [0.25, 0.3) is 33.6 Å². The monoisotopic (exact) mass is 419 g/mol. The summed E-state index contributed by atoms with van der Waals surface area (Å²) >= 11 is 0. The molecule has 4 heteroatoms. The summed E-state index contributed by atoms with van der Waals surface area (Å²) in [7, 11) is 1.59. The maximum absolute atomic E-state index is 13.4. The molecule has 32 heavy (non-hydrogen) atoms. The van der Waals surface area contributed by atoms with Crippen LogP contribution >= 0.6 is 0 Å². The SMILES string of the molecule is COc1cc2c(cc1NC(=O)/C(=C\c1ccccc1)c1ccccc1)oc1ccccc12. The molecule has 0 aliphatic rings. The third-order valence-corrected chi connectivity index (χ3v) is 5.39. The average Bonchev–Trinajstić information content (AvgIpc) is 3.20. The number of amides is 1. The summed E-state index contributed by atoms with van der Waals surface area (Å²) in [6.07, 6.45) is 1.89. The second-order valence-corrected chi connectivity index (χ2v) is 7.44. The molecule has 0 bridgehead atoms. The number of methoxy groups -OCH3 is 1. The van der Waals surface area contributed by atoms with Crippen LogP contribution in [0, 0.1) is 0 Å². The minimum atomic E-state index is -0.228. The van der Waals surface area contributed by atoms with Gasteiger partial charge in [-0.1, -0.05) is 78.9 Å². The first kappa shape index (κ1) is 19.6. The molecule has 5 rings (SSSR count). The molecule has 0 spiro atoms. The minimum Gasteiger partial charge on any atom is -0.495 e. The standard InChI is InChI=1S/C28H21NO3/c1-31-27-17-23-21-14-8-9-15-25(21)32-26(23)18-24(27)29-28(30)22(20-12-6-3-7-13-20)16-19-10-4-2-5-11-19/h2-18H,1H3,(H,29,30)/b22-16-. The van der Waals surface area contributed by atoms with Crippen molar-refractivity contribution in [2.24, 2.45) is 0 Å². The molecular formula is C28H21NO3. The van der Waals surface area contributed by atoms with Crippen molar-refractivity contribution < 1.29 is 13.9 Å². The number of nitrogens with one attached hydrogen (secondary N) is 1. The van der Waals surface area contributed by atoms with Crippen LogP contribution in [0.5, 0.6) is 5.75 Å². The van der Waals surface area contributed by atoms with Crippen molar-refractivity contribution in [2.75, 3.05) is 12.4 Å². The van der Waals surface area contributed by atoms with Crippen molar-refractivity contribution in [3.05, 3.63) is 108 Å². The molecule has 1 amide bonds. The van der Waals surface area contributed by atoms with Crippen LogP contribution in [0.4, 0.5) is 5.69 Å². The van der Waals surface area contributed by atoms with Gasteiger partial charge >= 0.3 is 0 Å². The molecule has 4 aromatic carbocycles. The fourth-order valence-electron chi connectivity index (χ4n) is 3.82. The number of benzene rings is 4. The molecule has 0 saturated heterocycles. The lowest BCUT2D eigenvalue weighted by atomic mass is 10.0. The molecule has 0 aliphatic heterocycles. The van der Waals surface area contributed by atoms with Gasteiger partial charge in [-0.25, -0.2) is 0 Å². The molecule has 1 aromatic heterocycles. The van der Waals surface area contributed by atoms with Gasteiger partial charge in [0.2, 0.25) is 0 Å². The number of furan rings is 1. The van der Waals surface area contributed by atoms with Crippen molar-refractivity contribution in [1.29, 1.82) is 0 Å². The molecule has 5 aromatic rings. The number of carbonyl (C=O) groups is 1. The highest BCUT2D eigenvalue weighted by Gasteiger charge is 2.17. The van der Waals surface area contributed by atoms with E-state index >= 15 is 0 Å². The molecule has 0 saturated carbocycles. The number of para-hydroxylation sites is 1. The predicted octanol–water partition coefficient (Wildman–Crippen LogP) is 6.77. The average molecular weight is 419 g/mol. The van der Waals surface area contributed by atoms with E-state index in [9.17, 15) is 4.79 Å². The largest absolute Gasteiger partial charge is 0.495 e. The van der Waals surface area contributed by atoms with Crippen LogP contribution in [0.1, 0.15) is 11.1 Å². The number of rotatable bonds is 5. The van der Waals surface area contributed by atoms with Crippen LogP contribution in [-0.2, 0) is 4.79 Å². The van der Waals surface area contributed by atoms with Crippen LogP contribution < -0.4 is 10.1 Å². The van der Waals surface area contributed by atoms with Crippen molar-refractivity contribution >= 4 is 45.2 Å². The van der Waals surface area contributed by atoms with Gasteiger partial charge in [-0.05, 0) is 29.3 Å². The van der Waals surface area contributed by atoms with Gasteiger partial charge in [-0.2, -0.15) is 0 Å². The molecule has 0 atom stereocenters. The van der Waals surface area contributed by atoms with Gasteiger partial charge in [0.1, 0.15) is 16.9 Å². The molecule has 1 N–H and O–H groups in total. The van der Waals surface area contributed by atoms with Crippen LogP contribution in [0.15, 0.2) is 101 Å². The highest BCUT2D eigenvalue weighted by molar-refractivity contribution is 6.29. The number of hydrogen-bond donors (Lipinski definition) is 1. The zero-order chi connectivity index (χ0) is 21.9. The smallest absolute Gasteiger partial charge is 0.256 e. The Morgan fingerprint density at radius 3 is 2.25 bits per heavy atom. The van der Waals surface area contributed by atoms with E-state index in [0.717, 1.165) is 27.5 Å². The Bertz CT molecular complexity index is 1430. The molecule has 0 radical (unpaired) electrons. The topological polar surface area (TPSA) is 51.5 Å². The first-order chi connectivity index (χ1) is 15.7. The maximum atomic E-state index is 13.4. The Labute approximate surface area is 185 Å². The second-order valence-electron chi connectivity index (χ2n) is 7.44. The van der Waals surface area contributed by atoms with E-state index in [-0.39, 0.29) is 5.91 Å². The van der Waals surface area contributed by atoms with E-state index in [0.29, 0.717) is 22.6 Å². The third-order valence-electron chi connectivity index (χ3n) is 5.39. The predicted molar refractivity (Wildman–Crippen MR) is 130 cm³/mol. The van der Waals surface area contributed by atoms with Gasteiger partial charge in [0.15, 0.2) is 0 Å². The molecule has 1 heterocycles. The van der Waals surface area contributed by atoms with Crippen LogP contribution in [0.3, 0.4) is 0 Å². The van der Waals surface area contributed by atoms with Crippen molar-refractivity contribution in [3.8, 4) is 5.75 Å². The van der Waals surface area contributed by atoms with Crippen molar-refractivity contribution in [1.82, 2.24) is 0 Å². The van der Waals surface area contributed by atoms with Crippen molar-refractivity contribution in [2.45, 2.75) is 0 Å². The van der Waals surface area contributed by atoms with E-state index in [4.69, 9.17) is 9.15 Å². The Balaban J connectivity index is 1.57. The fraction of sp³-hybridized carbons (Fsp3) is 0.0357. The Kier molecular flexibility index (Phi) is 5.18. The van der Waals surface area contributed by atoms with E-state index in [1.165, 1.54) is 0 Å². The quantitative estimate of drug-likeness (QED) is 0.252. The molecule has 0 unspecified atom stereocenters. The summed E-state index contributed by atoms with van der Waals surface area (Å²) < 4.78 is 11.6. The van der Waals surface area contributed by atoms with Crippen LogP contribution in [0.2, 0.25) is 0 Å². The highest BCUT2D eigenvalue weighted by atomic mass is 16.5. The van der Waals surface area contributed by atoms with Gasteiger partial charge in [-0.3, -0.25) is 4.79 Å². The highest BCUT2D eigenvalue weighted by Crippen LogP contribution is 2.36. The number of fused-ring (bicyclic) bond motifs is 3. The molecular weight excluding hydrogens is 398 g/mol. The fourth-order valence-corrected chi connectivity index (χ4v) is 3.82. The van der Waals surface area contributed by atoms with Gasteiger partial charge < -0.3 is 14.5 Å². The van der Waals surface area contributed by atoms with Gasteiger partial charge in [0.25, 0.3) is 5.91 Å².